The summed E-state index contributed by atoms with van der Waals surface area (Å²) in [7, 11) is 1.72. The molecule has 0 amide bonds. The summed E-state index contributed by atoms with van der Waals surface area (Å²) in [5.74, 6) is -0.364. The van der Waals surface area contributed by atoms with E-state index in [2.05, 4.69) is 5.32 Å². The van der Waals surface area contributed by atoms with Gasteiger partial charge in [-0.25, -0.2) is 4.39 Å². The molecule has 0 bridgehead atoms. The minimum atomic E-state index is -0.364. The molecular formula is C13H19FN2O. The van der Waals surface area contributed by atoms with E-state index in [4.69, 9.17) is 10.5 Å². The van der Waals surface area contributed by atoms with Gasteiger partial charge in [0, 0.05) is 20.3 Å². The topological polar surface area (TPSA) is 47.3 Å². The Morgan fingerprint density at radius 2 is 2.24 bits per heavy atom. The molecule has 0 heterocycles. The van der Waals surface area contributed by atoms with Crippen molar-refractivity contribution in [2.45, 2.75) is 19.3 Å². The molecule has 1 fully saturated rings. The molecule has 1 aliphatic carbocycles. The zero-order chi connectivity index (χ0) is 12.3. The van der Waals surface area contributed by atoms with Gasteiger partial charge in [0.05, 0.1) is 11.4 Å². The molecule has 1 aromatic carbocycles. The van der Waals surface area contributed by atoms with Gasteiger partial charge in [0.15, 0.2) is 0 Å². The fraction of sp³-hybridized carbons (Fsp3) is 0.538. The lowest BCUT2D eigenvalue weighted by Gasteiger charge is -2.17. The highest BCUT2D eigenvalue weighted by molar-refractivity contribution is 5.66. The Balaban J connectivity index is 1.92. The Morgan fingerprint density at radius 1 is 1.47 bits per heavy atom. The number of rotatable bonds is 6. The molecule has 0 unspecified atom stereocenters. The van der Waals surface area contributed by atoms with Gasteiger partial charge in [-0.2, -0.15) is 0 Å². The highest BCUT2D eigenvalue weighted by Crippen LogP contribution is 2.48. The number of methoxy groups -OCH3 is 1. The number of hydrogen-bond donors (Lipinski definition) is 2. The van der Waals surface area contributed by atoms with Crippen molar-refractivity contribution in [3.8, 4) is 0 Å². The van der Waals surface area contributed by atoms with Crippen LogP contribution in [-0.2, 0) is 4.74 Å². The van der Waals surface area contributed by atoms with Crippen LogP contribution in [0.3, 0.4) is 0 Å². The van der Waals surface area contributed by atoms with Crippen molar-refractivity contribution in [1.29, 1.82) is 0 Å². The van der Waals surface area contributed by atoms with Gasteiger partial charge in [-0.05, 0) is 36.8 Å². The third-order valence-electron chi connectivity index (χ3n) is 3.50. The predicted octanol–water partition coefficient (Wildman–Crippen LogP) is 2.64. The number of halogens is 1. The molecule has 1 aliphatic rings. The van der Waals surface area contributed by atoms with E-state index < -0.39 is 0 Å². The van der Waals surface area contributed by atoms with Crippen LogP contribution in [0.4, 0.5) is 15.8 Å². The molecule has 0 atom stereocenters. The lowest BCUT2D eigenvalue weighted by molar-refractivity contribution is 0.175. The predicted molar refractivity (Wildman–Crippen MR) is 67.5 cm³/mol. The molecule has 0 saturated heterocycles. The summed E-state index contributed by atoms with van der Waals surface area (Å²) in [6, 6.07) is 4.85. The molecular weight excluding hydrogens is 219 g/mol. The SMILES string of the molecule is COCCC1(CNc2cccc(F)c2N)CC1. The molecule has 0 aromatic heterocycles. The number of anilines is 2. The summed E-state index contributed by atoms with van der Waals surface area (Å²) in [6.45, 7) is 1.62. The zero-order valence-electron chi connectivity index (χ0n) is 10.1. The van der Waals surface area contributed by atoms with Crippen LogP contribution in [0.1, 0.15) is 19.3 Å². The van der Waals surface area contributed by atoms with E-state index in [9.17, 15) is 4.39 Å². The summed E-state index contributed by atoms with van der Waals surface area (Å²) in [4.78, 5) is 0. The van der Waals surface area contributed by atoms with Crippen LogP contribution >= 0.6 is 0 Å². The molecule has 1 aromatic rings. The van der Waals surface area contributed by atoms with Crippen LogP contribution in [0.15, 0.2) is 18.2 Å². The largest absolute Gasteiger partial charge is 0.395 e. The summed E-state index contributed by atoms with van der Waals surface area (Å²) < 4.78 is 18.3. The molecule has 17 heavy (non-hydrogen) atoms. The second kappa shape index (κ2) is 4.92. The fourth-order valence-electron chi connectivity index (χ4n) is 1.98. The highest BCUT2D eigenvalue weighted by atomic mass is 19.1. The number of para-hydroxylation sites is 1. The van der Waals surface area contributed by atoms with Crippen LogP contribution in [0.5, 0.6) is 0 Å². The van der Waals surface area contributed by atoms with E-state index in [1.54, 1.807) is 13.2 Å². The molecule has 0 spiro atoms. The van der Waals surface area contributed by atoms with Crippen molar-refractivity contribution < 1.29 is 9.13 Å². The maximum absolute atomic E-state index is 13.2. The number of hydrogen-bond acceptors (Lipinski definition) is 3. The van der Waals surface area contributed by atoms with E-state index >= 15 is 0 Å². The van der Waals surface area contributed by atoms with Crippen molar-refractivity contribution in [1.82, 2.24) is 0 Å². The molecule has 2 rings (SSSR count). The third-order valence-corrected chi connectivity index (χ3v) is 3.50. The fourth-order valence-corrected chi connectivity index (χ4v) is 1.98. The summed E-state index contributed by atoms with van der Waals surface area (Å²) in [5.41, 5.74) is 6.89. The van der Waals surface area contributed by atoms with Crippen molar-refractivity contribution >= 4 is 11.4 Å². The van der Waals surface area contributed by atoms with E-state index in [1.807, 2.05) is 6.07 Å². The van der Waals surface area contributed by atoms with Gasteiger partial charge in [0.25, 0.3) is 0 Å². The Kier molecular flexibility index (Phi) is 3.52. The van der Waals surface area contributed by atoms with Gasteiger partial charge in [-0.3, -0.25) is 0 Å². The van der Waals surface area contributed by atoms with Crippen molar-refractivity contribution in [3.63, 3.8) is 0 Å². The van der Waals surface area contributed by atoms with Crippen LogP contribution in [-0.4, -0.2) is 20.3 Å². The summed E-state index contributed by atoms with van der Waals surface area (Å²) in [5, 5.41) is 3.24. The first-order valence-corrected chi connectivity index (χ1v) is 5.94. The summed E-state index contributed by atoms with van der Waals surface area (Å²) in [6.07, 6.45) is 3.46. The standard InChI is InChI=1S/C13H19FN2O/c1-17-8-7-13(5-6-13)9-16-11-4-2-3-10(14)12(11)15/h2-4,16H,5-9,15H2,1H3. The smallest absolute Gasteiger partial charge is 0.148 e. The van der Waals surface area contributed by atoms with Gasteiger partial charge in [0.2, 0.25) is 0 Å². The number of nitrogens with two attached hydrogens (primary N) is 1. The van der Waals surface area contributed by atoms with Crippen LogP contribution < -0.4 is 11.1 Å². The Morgan fingerprint density at radius 3 is 2.88 bits per heavy atom. The number of nitrogen functional groups attached to an aromatic ring is 1. The van der Waals surface area contributed by atoms with E-state index in [-0.39, 0.29) is 11.5 Å². The van der Waals surface area contributed by atoms with Crippen LogP contribution in [0.2, 0.25) is 0 Å². The van der Waals surface area contributed by atoms with Gasteiger partial charge in [-0.1, -0.05) is 6.07 Å². The molecule has 3 nitrogen and oxygen atoms in total. The number of benzene rings is 1. The monoisotopic (exact) mass is 238 g/mol. The van der Waals surface area contributed by atoms with Gasteiger partial charge < -0.3 is 15.8 Å². The van der Waals surface area contributed by atoms with Gasteiger partial charge >= 0.3 is 0 Å². The van der Waals surface area contributed by atoms with Crippen molar-refractivity contribution in [2.75, 3.05) is 31.3 Å². The first-order valence-electron chi connectivity index (χ1n) is 5.94. The molecule has 4 heteroatoms. The third kappa shape index (κ3) is 2.88. The average molecular weight is 238 g/mol. The van der Waals surface area contributed by atoms with Gasteiger partial charge in [0.1, 0.15) is 5.82 Å². The van der Waals surface area contributed by atoms with Crippen LogP contribution in [0, 0.1) is 11.2 Å². The zero-order valence-corrected chi connectivity index (χ0v) is 10.1. The minimum Gasteiger partial charge on any atom is -0.395 e. The van der Waals surface area contributed by atoms with Crippen molar-refractivity contribution in [2.24, 2.45) is 5.41 Å². The first-order chi connectivity index (χ1) is 8.17. The Bertz CT molecular complexity index is 391. The second-order valence-corrected chi connectivity index (χ2v) is 4.80. The number of nitrogens with one attached hydrogen (secondary N) is 1. The lowest BCUT2D eigenvalue weighted by atomic mass is 10.0. The number of ether oxygens (including phenoxy) is 1. The molecule has 0 aliphatic heterocycles. The minimum absolute atomic E-state index is 0.204. The quantitative estimate of drug-likeness (QED) is 0.749. The van der Waals surface area contributed by atoms with E-state index in [0.717, 1.165) is 19.6 Å². The summed E-state index contributed by atoms with van der Waals surface area (Å²) >= 11 is 0. The van der Waals surface area contributed by atoms with E-state index in [1.165, 1.54) is 18.9 Å². The Hall–Kier alpha value is -1.29. The van der Waals surface area contributed by atoms with Crippen LogP contribution in [0.25, 0.3) is 0 Å². The molecule has 0 radical (unpaired) electrons. The average Bonchev–Trinajstić information content (AvgIpc) is 3.09. The molecule has 3 N–H and O–H groups in total. The Labute approximate surface area is 101 Å². The normalized spacial score (nSPS) is 16.8. The van der Waals surface area contributed by atoms with E-state index in [0.29, 0.717) is 11.1 Å². The maximum Gasteiger partial charge on any atom is 0.148 e. The maximum atomic E-state index is 13.2. The molecule has 1 saturated carbocycles. The van der Waals surface area contributed by atoms with Gasteiger partial charge in [-0.15, -0.1) is 0 Å². The highest BCUT2D eigenvalue weighted by Gasteiger charge is 2.41. The second-order valence-electron chi connectivity index (χ2n) is 4.80. The first kappa shape index (κ1) is 12.2. The van der Waals surface area contributed by atoms with Crippen molar-refractivity contribution in [3.05, 3.63) is 24.0 Å². The lowest BCUT2D eigenvalue weighted by Crippen LogP contribution is -2.18. The molecule has 94 valence electrons.